The van der Waals surface area contributed by atoms with Crippen molar-refractivity contribution in [3.05, 3.63) is 28.0 Å². The van der Waals surface area contributed by atoms with Gasteiger partial charge in [0.05, 0.1) is 6.61 Å². The zero-order valence-corrected chi connectivity index (χ0v) is 12.8. The number of halogens is 2. The highest BCUT2D eigenvalue weighted by atomic mass is 79.9. The maximum atomic E-state index is 14.1. The van der Waals surface area contributed by atoms with Gasteiger partial charge in [-0.3, -0.25) is 0 Å². The SMILES string of the molecule is CC1CCN(S(=O)(=O)c2cc(Br)cc(CO)c2F)C1. The van der Waals surface area contributed by atoms with Crippen LogP contribution in [0.15, 0.2) is 21.5 Å². The van der Waals surface area contributed by atoms with Crippen molar-refractivity contribution in [1.29, 1.82) is 0 Å². The first-order valence-corrected chi connectivity index (χ1v) is 8.18. The number of hydrogen-bond acceptors (Lipinski definition) is 3. The smallest absolute Gasteiger partial charge is 0.246 e. The highest BCUT2D eigenvalue weighted by Crippen LogP contribution is 2.29. The van der Waals surface area contributed by atoms with Gasteiger partial charge in [-0.05, 0) is 24.5 Å². The average Bonchev–Trinajstić information content (AvgIpc) is 2.79. The minimum absolute atomic E-state index is 0.0276. The van der Waals surface area contributed by atoms with Gasteiger partial charge in [0, 0.05) is 23.1 Å². The van der Waals surface area contributed by atoms with E-state index in [0.29, 0.717) is 17.6 Å². The summed E-state index contributed by atoms with van der Waals surface area (Å²) in [5, 5.41) is 9.07. The number of nitrogens with zero attached hydrogens (tertiary/aromatic N) is 1. The van der Waals surface area contributed by atoms with Crippen molar-refractivity contribution < 1.29 is 17.9 Å². The summed E-state index contributed by atoms with van der Waals surface area (Å²) in [6, 6.07) is 2.62. The minimum Gasteiger partial charge on any atom is -0.392 e. The van der Waals surface area contributed by atoms with Gasteiger partial charge in [-0.15, -0.1) is 0 Å². The van der Waals surface area contributed by atoms with Gasteiger partial charge >= 0.3 is 0 Å². The molecule has 106 valence electrons. The predicted octanol–water partition coefficient (Wildman–Crippen LogP) is 2.11. The van der Waals surface area contributed by atoms with Crippen LogP contribution in [0.1, 0.15) is 18.9 Å². The molecule has 0 saturated carbocycles. The molecule has 1 N–H and O–H groups in total. The van der Waals surface area contributed by atoms with E-state index in [-0.39, 0.29) is 16.4 Å². The van der Waals surface area contributed by atoms with Gasteiger partial charge in [0.1, 0.15) is 10.7 Å². The number of hydrogen-bond donors (Lipinski definition) is 1. The lowest BCUT2D eigenvalue weighted by atomic mass is 10.2. The number of aliphatic hydroxyl groups is 1. The van der Waals surface area contributed by atoms with Gasteiger partial charge in [0.15, 0.2) is 0 Å². The van der Waals surface area contributed by atoms with Crippen LogP contribution in [-0.2, 0) is 16.6 Å². The number of sulfonamides is 1. The van der Waals surface area contributed by atoms with Crippen LogP contribution >= 0.6 is 15.9 Å². The van der Waals surface area contributed by atoms with Crippen molar-refractivity contribution >= 4 is 26.0 Å². The van der Waals surface area contributed by atoms with Crippen LogP contribution in [0.25, 0.3) is 0 Å². The molecule has 0 aliphatic carbocycles. The molecule has 1 aliphatic heterocycles. The normalized spacial score (nSPS) is 20.9. The molecule has 4 nitrogen and oxygen atoms in total. The van der Waals surface area contributed by atoms with Gasteiger partial charge in [-0.1, -0.05) is 22.9 Å². The lowest BCUT2D eigenvalue weighted by Crippen LogP contribution is -2.29. The zero-order valence-electron chi connectivity index (χ0n) is 10.4. The third-order valence-electron chi connectivity index (χ3n) is 3.25. The van der Waals surface area contributed by atoms with E-state index in [1.807, 2.05) is 6.92 Å². The summed E-state index contributed by atoms with van der Waals surface area (Å²) in [6.07, 6.45) is 0.779. The fraction of sp³-hybridized carbons (Fsp3) is 0.500. The van der Waals surface area contributed by atoms with Crippen molar-refractivity contribution in [3.63, 3.8) is 0 Å². The van der Waals surface area contributed by atoms with Crippen molar-refractivity contribution in [3.8, 4) is 0 Å². The molecule has 0 amide bonds. The van der Waals surface area contributed by atoms with Crippen LogP contribution in [0.4, 0.5) is 4.39 Å². The summed E-state index contributed by atoms with van der Waals surface area (Å²) >= 11 is 3.14. The zero-order chi connectivity index (χ0) is 14.2. The number of benzene rings is 1. The van der Waals surface area contributed by atoms with Gasteiger partial charge in [0.2, 0.25) is 10.0 Å². The molecular weight excluding hydrogens is 337 g/mol. The molecule has 0 aromatic heterocycles. The first-order valence-electron chi connectivity index (χ1n) is 5.95. The summed E-state index contributed by atoms with van der Waals surface area (Å²) < 4.78 is 40.7. The Balaban J connectivity index is 2.49. The molecule has 1 aromatic rings. The minimum atomic E-state index is -3.84. The van der Waals surface area contributed by atoms with Crippen molar-refractivity contribution in [2.45, 2.75) is 24.8 Å². The van der Waals surface area contributed by atoms with Gasteiger partial charge in [0.25, 0.3) is 0 Å². The van der Waals surface area contributed by atoms with Crippen LogP contribution in [0.2, 0.25) is 0 Å². The fourth-order valence-corrected chi connectivity index (χ4v) is 4.54. The Kier molecular flexibility index (Phi) is 4.29. The number of rotatable bonds is 3. The Labute approximate surface area is 120 Å². The molecule has 1 aromatic carbocycles. The maximum Gasteiger partial charge on any atom is 0.246 e. The summed E-state index contributed by atoms with van der Waals surface area (Å²) in [5.74, 6) is -0.590. The highest BCUT2D eigenvalue weighted by molar-refractivity contribution is 9.10. The van der Waals surface area contributed by atoms with E-state index < -0.39 is 22.4 Å². The van der Waals surface area contributed by atoms with Crippen molar-refractivity contribution in [1.82, 2.24) is 4.31 Å². The Morgan fingerprint density at radius 2 is 2.21 bits per heavy atom. The molecule has 1 fully saturated rings. The molecule has 1 unspecified atom stereocenters. The summed E-state index contributed by atoms with van der Waals surface area (Å²) in [4.78, 5) is -0.375. The summed E-state index contributed by atoms with van der Waals surface area (Å²) in [7, 11) is -3.84. The van der Waals surface area contributed by atoms with E-state index in [2.05, 4.69) is 15.9 Å². The second kappa shape index (κ2) is 5.47. The molecule has 0 spiro atoms. The van der Waals surface area contributed by atoms with Gasteiger partial charge in [-0.2, -0.15) is 4.31 Å². The van der Waals surface area contributed by atoms with E-state index in [1.165, 1.54) is 16.4 Å². The molecule has 19 heavy (non-hydrogen) atoms. The van der Waals surface area contributed by atoms with Crippen molar-refractivity contribution in [2.24, 2.45) is 5.92 Å². The Morgan fingerprint density at radius 1 is 1.53 bits per heavy atom. The average molecular weight is 352 g/mol. The second-order valence-electron chi connectivity index (χ2n) is 4.79. The van der Waals surface area contributed by atoms with Crippen LogP contribution in [0.3, 0.4) is 0 Å². The third kappa shape index (κ3) is 2.84. The van der Waals surface area contributed by atoms with Gasteiger partial charge < -0.3 is 5.11 Å². The largest absolute Gasteiger partial charge is 0.392 e. The quantitative estimate of drug-likeness (QED) is 0.907. The Morgan fingerprint density at radius 3 is 2.74 bits per heavy atom. The van der Waals surface area contributed by atoms with E-state index in [4.69, 9.17) is 5.11 Å². The molecule has 0 bridgehead atoms. The first kappa shape index (κ1) is 14.9. The molecule has 1 aliphatic rings. The highest BCUT2D eigenvalue weighted by Gasteiger charge is 2.33. The Bertz CT molecular complexity index is 591. The van der Waals surface area contributed by atoms with E-state index in [0.717, 1.165) is 6.42 Å². The molecule has 1 atom stereocenters. The summed E-state index contributed by atoms with van der Waals surface area (Å²) in [5.41, 5.74) is -0.0276. The lowest BCUT2D eigenvalue weighted by molar-refractivity contribution is 0.274. The van der Waals surface area contributed by atoms with Crippen molar-refractivity contribution in [2.75, 3.05) is 13.1 Å². The molecule has 1 heterocycles. The second-order valence-corrected chi connectivity index (χ2v) is 7.61. The van der Waals surface area contributed by atoms with Crippen LogP contribution in [0, 0.1) is 11.7 Å². The molecule has 2 rings (SSSR count). The van der Waals surface area contributed by atoms with E-state index in [9.17, 15) is 12.8 Å². The molecule has 7 heteroatoms. The molecule has 0 radical (unpaired) electrons. The monoisotopic (exact) mass is 351 g/mol. The Hall–Kier alpha value is -0.500. The van der Waals surface area contributed by atoms with Crippen LogP contribution < -0.4 is 0 Å². The van der Waals surface area contributed by atoms with E-state index in [1.54, 1.807) is 0 Å². The standard InChI is InChI=1S/C12H15BrFNO3S/c1-8-2-3-15(6-8)19(17,18)11-5-10(13)4-9(7-16)12(11)14/h4-5,8,16H,2-3,6-7H2,1H3. The predicted molar refractivity (Wildman–Crippen MR) is 72.6 cm³/mol. The molecular formula is C12H15BrFNO3S. The van der Waals surface area contributed by atoms with Crippen LogP contribution in [-0.4, -0.2) is 30.9 Å². The molecule has 1 saturated heterocycles. The maximum absolute atomic E-state index is 14.1. The number of aliphatic hydroxyl groups excluding tert-OH is 1. The first-order chi connectivity index (χ1) is 8.86. The fourth-order valence-electron chi connectivity index (χ4n) is 2.17. The lowest BCUT2D eigenvalue weighted by Gasteiger charge is -2.17. The third-order valence-corrected chi connectivity index (χ3v) is 5.58. The summed E-state index contributed by atoms with van der Waals surface area (Å²) in [6.45, 7) is 2.24. The van der Waals surface area contributed by atoms with Gasteiger partial charge in [-0.25, -0.2) is 12.8 Å². The topological polar surface area (TPSA) is 57.6 Å². The van der Waals surface area contributed by atoms with Crippen LogP contribution in [0.5, 0.6) is 0 Å². The van der Waals surface area contributed by atoms with E-state index >= 15 is 0 Å².